The number of hydrogen-bond donors (Lipinski definition) is 2. The average Bonchev–Trinajstić information content (AvgIpc) is 3.31. The largest absolute Gasteiger partial charge is 0.446 e. The Hall–Kier alpha value is -1.45. The lowest BCUT2D eigenvalue weighted by Gasteiger charge is -2.54. The molecule has 34 heavy (non-hydrogen) atoms. The summed E-state index contributed by atoms with van der Waals surface area (Å²) in [5.74, 6) is 0.913. The number of hydrazine groups is 1. The van der Waals surface area contributed by atoms with E-state index >= 15 is 0 Å². The first-order valence-corrected chi connectivity index (χ1v) is 13.1. The van der Waals surface area contributed by atoms with E-state index in [-0.39, 0.29) is 48.4 Å². The highest BCUT2D eigenvalue weighted by Crippen LogP contribution is 2.40. The lowest BCUT2D eigenvalue weighted by Crippen LogP contribution is -2.67. The third kappa shape index (κ3) is 5.21. The zero-order chi connectivity index (χ0) is 24.6. The number of aliphatic hydroxyl groups excluding tert-OH is 1. The third-order valence-electron chi connectivity index (χ3n) is 8.73. The fraction of sp³-hybridized carbons (Fsp3) is 0.920. The van der Waals surface area contributed by atoms with Gasteiger partial charge in [0.25, 0.3) is 0 Å². The van der Waals surface area contributed by atoms with Gasteiger partial charge in [-0.1, -0.05) is 0 Å². The van der Waals surface area contributed by atoms with Crippen molar-refractivity contribution in [2.24, 2.45) is 11.8 Å². The van der Waals surface area contributed by atoms with Crippen LogP contribution in [-0.2, 0) is 9.53 Å². The van der Waals surface area contributed by atoms with Gasteiger partial charge < -0.3 is 19.6 Å². The molecule has 0 aromatic rings. The highest BCUT2D eigenvalue weighted by molar-refractivity contribution is 5.75. The number of fused-ring (bicyclic) bond motifs is 1. The Bertz CT molecular complexity index is 744. The molecule has 4 rings (SSSR count). The second kappa shape index (κ2) is 10.3. The number of ether oxygens (including phenoxy) is 1. The molecule has 2 aliphatic carbocycles. The van der Waals surface area contributed by atoms with Crippen LogP contribution in [0.5, 0.6) is 0 Å². The van der Waals surface area contributed by atoms with E-state index in [1.165, 1.54) is 0 Å². The molecule has 4 aliphatic rings. The molecule has 2 saturated heterocycles. The van der Waals surface area contributed by atoms with Gasteiger partial charge in [0.05, 0.1) is 24.2 Å². The first kappa shape index (κ1) is 25.6. The maximum absolute atomic E-state index is 13.5. The van der Waals surface area contributed by atoms with Crippen LogP contribution in [0, 0.1) is 11.8 Å². The molecular formula is C25H43FN4O4. The molecule has 2 saturated carbocycles. The van der Waals surface area contributed by atoms with E-state index in [0.717, 1.165) is 32.4 Å². The normalized spacial score (nSPS) is 37.4. The van der Waals surface area contributed by atoms with Crippen molar-refractivity contribution in [2.45, 2.75) is 109 Å². The number of nitrogens with one attached hydrogen (secondary N) is 1. The fourth-order valence-corrected chi connectivity index (χ4v) is 6.64. The predicted octanol–water partition coefficient (Wildman–Crippen LogP) is 2.70. The molecule has 2 amide bonds. The number of carbonyl (C=O) groups excluding carboxylic acids is 2. The summed E-state index contributed by atoms with van der Waals surface area (Å²) >= 11 is 0. The summed E-state index contributed by atoms with van der Waals surface area (Å²) in [7, 11) is 0. The number of aliphatic hydroxyl groups is 1. The number of hydrogen-bond acceptors (Lipinski definition) is 6. The summed E-state index contributed by atoms with van der Waals surface area (Å²) < 4.78 is 19.4. The van der Waals surface area contributed by atoms with Crippen molar-refractivity contribution in [3.05, 3.63) is 0 Å². The van der Waals surface area contributed by atoms with Crippen LogP contribution in [0.2, 0.25) is 0 Å². The van der Waals surface area contributed by atoms with Crippen LogP contribution in [0.3, 0.4) is 0 Å². The molecule has 0 aromatic carbocycles. The molecule has 0 bridgehead atoms. The van der Waals surface area contributed by atoms with E-state index in [2.05, 4.69) is 10.4 Å². The van der Waals surface area contributed by atoms with Crippen molar-refractivity contribution < 1.29 is 23.8 Å². The fourth-order valence-electron chi connectivity index (χ4n) is 6.64. The summed E-state index contributed by atoms with van der Waals surface area (Å²) in [6, 6.07) is -0.117. The number of amides is 2. The molecule has 2 aliphatic heterocycles. The van der Waals surface area contributed by atoms with Crippen LogP contribution >= 0.6 is 0 Å². The minimum absolute atomic E-state index is 0.00553. The van der Waals surface area contributed by atoms with Crippen molar-refractivity contribution in [1.82, 2.24) is 20.2 Å². The van der Waals surface area contributed by atoms with Crippen LogP contribution < -0.4 is 5.43 Å². The molecule has 8 nitrogen and oxygen atoms in total. The Balaban J connectivity index is 1.47. The Morgan fingerprint density at radius 2 is 1.76 bits per heavy atom. The molecule has 2 N–H and O–H groups in total. The third-order valence-corrected chi connectivity index (χ3v) is 8.73. The highest BCUT2D eigenvalue weighted by atomic mass is 19.1. The van der Waals surface area contributed by atoms with E-state index in [4.69, 9.17) is 4.74 Å². The van der Waals surface area contributed by atoms with E-state index in [1.807, 2.05) is 30.6 Å². The highest BCUT2D eigenvalue weighted by Gasteiger charge is 2.49. The number of nitrogens with zero attached hydrogens (tertiary/aromatic N) is 3. The maximum Gasteiger partial charge on any atom is 0.410 e. The van der Waals surface area contributed by atoms with E-state index in [9.17, 15) is 19.1 Å². The number of alkyl halides is 1. The van der Waals surface area contributed by atoms with Crippen LogP contribution in [0.4, 0.5) is 9.18 Å². The maximum atomic E-state index is 13.5. The lowest BCUT2D eigenvalue weighted by atomic mass is 9.73. The van der Waals surface area contributed by atoms with Crippen LogP contribution in [-0.4, -0.2) is 94.1 Å². The molecule has 0 radical (unpaired) electrons. The van der Waals surface area contributed by atoms with Crippen molar-refractivity contribution in [1.29, 1.82) is 0 Å². The van der Waals surface area contributed by atoms with Gasteiger partial charge in [0.1, 0.15) is 12.3 Å². The molecule has 0 spiro atoms. The first-order chi connectivity index (χ1) is 16.1. The van der Waals surface area contributed by atoms with Gasteiger partial charge in [0.2, 0.25) is 5.91 Å². The van der Waals surface area contributed by atoms with Crippen LogP contribution in [0.15, 0.2) is 0 Å². The standard InChI is InChI=1S/C25H43FN4O4/c1-16-13-28(24(33)34-21-8-6-20(26)7-9-21)23-11-18(5-10-22(23)30(16)17(2)32)19-12-27-29(14-19)25(3,4)15-31/h16,18-23,27,31H,5-15H2,1-4H3/t16-,18?,19?,20?,21?,22?,23?/m0/s1. The lowest BCUT2D eigenvalue weighted by molar-refractivity contribution is -0.142. The Morgan fingerprint density at radius 3 is 2.41 bits per heavy atom. The summed E-state index contributed by atoms with van der Waals surface area (Å²) in [6.45, 7) is 9.96. The molecule has 2 heterocycles. The topological polar surface area (TPSA) is 85.4 Å². The molecule has 9 heteroatoms. The Labute approximate surface area is 203 Å². The molecule has 4 fully saturated rings. The van der Waals surface area contributed by atoms with Crippen LogP contribution in [0.25, 0.3) is 0 Å². The van der Waals surface area contributed by atoms with Gasteiger partial charge in [-0.3, -0.25) is 10.2 Å². The number of carbonyl (C=O) groups is 2. The van der Waals surface area contributed by atoms with Gasteiger partial charge in [0.15, 0.2) is 0 Å². The van der Waals surface area contributed by atoms with E-state index < -0.39 is 6.17 Å². The zero-order valence-electron chi connectivity index (χ0n) is 21.2. The summed E-state index contributed by atoms with van der Waals surface area (Å²) in [6.07, 6.45) is 3.49. The Kier molecular flexibility index (Phi) is 7.74. The molecule has 4 unspecified atom stereocenters. The summed E-state index contributed by atoms with van der Waals surface area (Å²) in [5, 5.41) is 11.9. The second-order valence-electron chi connectivity index (χ2n) is 11.6. The van der Waals surface area contributed by atoms with Gasteiger partial charge in [-0.05, 0) is 77.6 Å². The van der Waals surface area contributed by atoms with Crippen molar-refractivity contribution >= 4 is 12.0 Å². The SMILES string of the molecule is CC(=O)N1C2CCC(C3CNN(C(C)(C)CO)C3)CC2N(C(=O)OC2CCC(F)CC2)C[C@@H]1C. The van der Waals surface area contributed by atoms with Gasteiger partial charge in [-0.2, -0.15) is 0 Å². The monoisotopic (exact) mass is 482 g/mol. The van der Waals surface area contributed by atoms with Crippen molar-refractivity contribution in [2.75, 3.05) is 26.2 Å². The first-order valence-electron chi connectivity index (χ1n) is 13.1. The van der Waals surface area contributed by atoms with Crippen molar-refractivity contribution in [3.63, 3.8) is 0 Å². The molecule has 194 valence electrons. The predicted molar refractivity (Wildman–Crippen MR) is 127 cm³/mol. The molecule has 5 atom stereocenters. The van der Waals surface area contributed by atoms with Gasteiger partial charge >= 0.3 is 6.09 Å². The minimum atomic E-state index is -0.784. The number of halogens is 1. The number of piperazine rings is 1. The van der Waals surface area contributed by atoms with E-state index in [1.54, 1.807) is 6.92 Å². The van der Waals surface area contributed by atoms with Crippen LogP contribution in [0.1, 0.15) is 72.6 Å². The van der Waals surface area contributed by atoms with Gasteiger partial charge in [0, 0.05) is 32.6 Å². The van der Waals surface area contributed by atoms with E-state index in [0.29, 0.717) is 44.1 Å². The minimum Gasteiger partial charge on any atom is -0.446 e. The number of rotatable bonds is 4. The smallest absolute Gasteiger partial charge is 0.410 e. The van der Waals surface area contributed by atoms with Gasteiger partial charge in [-0.15, -0.1) is 0 Å². The quantitative estimate of drug-likeness (QED) is 0.641. The summed E-state index contributed by atoms with van der Waals surface area (Å²) in [4.78, 5) is 29.7. The van der Waals surface area contributed by atoms with Gasteiger partial charge in [-0.25, -0.2) is 14.2 Å². The zero-order valence-corrected chi connectivity index (χ0v) is 21.2. The van der Waals surface area contributed by atoms with Crippen molar-refractivity contribution in [3.8, 4) is 0 Å². The Morgan fingerprint density at radius 1 is 1.06 bits per heavy atom. The summed E-state index contributed by atoms with van der Waals surface area (Å²) in [5.41, 5.74) is 3.14. The molecule has 0 aromatic heterocycles. The molecular weight excluding hydrogens is 439 g/mol. The second-order valence-corrected chi connectivity index (χ2v) is 11.6. The average molecular weight is 483 g/mol.